The Labute approximate surface area is 96.1 Å². The third-order valence-electron chi connectivity index (χ3n) is 1.49. The molecule has 1 aromatic carbocycles. The van der Waals surface area contributed by atoms with Crippen LogP contribution in [0.3, 0.4) is 0 Å². The first kappa shape index (κ1) is 11.9. The van der Waals surface area contributed by atoms with Crippen molar-refractivity contribution in [2.75, 3.05) is 0 Å². The van der Waals surface area contributed by atoms with E-state index in [4.69, 9.17) is 5.11 Å². The third-order valence-corrected chi connectivity index (χ3v) is 3.33. The van der Waals surface area contributed by atoms with Crippen LogP contribution in [0.25, 0.3) is 0 Å². The van der Waals surface area contributed by atoms with Crippen molar-refractivity contribution in [2.45, 2.75) is 13.2 Å². The highest BCUT2D eigenvalue weighted by Gasteiger charge is 2.11. The lowest BCUT2D eigenvalue weighted by atomic mass is 10.2. The molecule has 0 spiro atoms. The molecule has 0 aliphatic carbocycles. The standard InChI is InChI=1S/C8H6Br2F2O2/c9-5-1-4(3-13)7(2-6(5)10)14-8(11)12/h1-2,8,13H,3H2. The topological polar surface area (TPSA) is 29.5 Å². The number of alkyl halides is 2. The quantitative estimate of drug-likeness (QED) is 0.920. The normalized spacial score (nSPS) is 10.7. The van der Waals surface area contributed by atoms with Crippen molar-refractivity contribution in [3.63, 3.8) is 0 Å². The Morgan fingerprint density at radius 1 is 1.29 bits per heavy atom. The Bertz CT molecular complexity index is 331. The summed E-state index contributed by atoms with van der Waals surface area (Å²) in [5.41, 5.74) is 0.306. The van der Waals surface area contributed by atoms with Crippen LogP contribution in [0.5, 0.6) is 5.75 Å². The van der Waals surface area contributed by atoms with Crippen LogP contribution in [0.2, 0.25) is 0 Å². The maximum absolute atomic E-state index is 11.9. The van der Waals surface area contributed by atoms with Crippen molar-refractivity contribution in [1.29, 1.82) is 0 Å². The van der Waals surface area contributed by atoms with Crippen molar-refractivity contribution in [2.24, 2.45) is 0 Å². The van der Waals surface area contributed by atoms with E-state index in [1.807, 2.05) is 0 Å². The van der Waals surface area contributed by atoms with Gasteiger partial charge in [0.25, 0.3) is 0 Å². The molecule has 0 fully saturated rings. The molecule has 0 radical (unpaired) electrons. The van der Waals surface area contributed by atoms with Gasteiger partial charge in [-0.3, -0.25) is 0 Å². The van der Waals surface area contributed by atoms with E-state index >= 15 is 0 Å². The van der Waals surface area contributed by atoms with Crippen molar-refractivity contribution < 1.29 is 18.6 Å². The molecule has 14 heavy (non-hydrogen) atoms. The number of aliphatic hydroxyl groups excluding tert-OH is 1. The van der Waals surface area contributed by atoms with Gasteiger partial charge in [0.2, 0.25) is 0 Å². The van der Waals surface area contributed by atoms with Crippen molar-refractivity contribution in [3.8, 4) is 5.75 Å². The number of aliphatic hydroxyl groups is 1. The van der Waals surface area contributed by atoms with Gasteiger partial charge < -0.3 is 9.84 Å². The highest BCUT2D eigenvalue weighted by Crippen LogP contribution is 2.32. The second kappa shape index (κ2) is 5.04. The molecule has 78 valence electrons. The molecule has 0 saturated heterocycles. The summed E-state index contributed by atoms with van der Waals surface area (Å²) in [4.78, 5) is 0. The minimum Gasteiger partial charge on any atom is -0.434 e. The van der Waals surface area contributed by atoms with Crippen LogP contribution in [-0.4, -0.2) is 11.7 Å². The highest BCUT2D eigenvalue weighted by molar-refractivity contribution is 9.13. The van der Waals surface area contributed by atoms with Crippen molar-refractivity contribution in [1.82, 2.24) is 0 Å². The summed E-state index contributed by atoms with van der Waals surface area (Å²) in [5.74, 6) is -0.0300. The maximum Gasteiger partial charge on any atom is 0.387 e. The average Bonchev–Trinajstić information content (AvgIpc) is 2.10. The highest BCUT2D eigenvalue weighted by atomic mass is 79.9. The van der Waals surface area contributed by atoms with E-state index in [1.165, 1.54) is 12.1 Å². The van der Waals surface area contributed by atoms with E-state index in [1.54, 1.807) is 0 Å². The number of benzene rings is 1. The SMILES string of the molecule is OCc1cc(Br)c(Br)cc1OC(F)F. The summed E-state index contributed by atoms with van der Waals surface area (Å²) in [7, 11) is 0. The molecule has 0 saturated carbocycles. The average molecular weight is 332 g/mol. The van der Waals surface area contributed by atoms with E-state index in [0.717, 1.165) is 0 Å². The molecule has 0 bridgehead atoms. The molecule has 0 aliphatic heterocycles. The van der Waals surface area contributed by atoms with Crippen LogP contribution in [0.4, 0.5) is 8.78 Å². The Balaban J connectivity index is 3.07. The first-order valence-electron chi connectivity index (χ1n) is 3.58. The molecule has 0 heterocycles. The molecule has 1 aromatic rings. The van der Waals surface area contributed by atoms with E-state index in [0.29, 0.717) is 14.5 Å². The predicted octanol–water partition coefficient (Wildman–Crippen LogP) is 3.31. The molecule has 0 aliphatic rings. The summed E-state index contributed by atoms with van der Waals surface area (Å²) in [6.45, 7) is -3.25. The van der Waals surface area contributed by atoms with Crippen molar-refractivity contribution in [3.05, 3.63) is 26.6 Å². The molecule has 1 N–H and O–H groups in total. The van der Waals surface area contributed by atoms with Crippen LogP contribution in [0.15, 0.2) is 21.1 Å². The van der Waals surface area contributed by atoms with E-state index < -0.39 is 6.61 Å². The number of ether oxygens (including phenoxy) is 1. The van der Waals surface area contributed by atoms with Gasteiger partial charge in [0.15, 0.2) is 0 Å². The molecule has 0 unspecified atom stereocenters. The van der Waals surface area contributed by atoms with Crippen LogP contribution in [-0.2, 0) is 6.61 Å². The van der Waals surface area contributed by atoms with Crippen LogP contribution in [0.1, 0.15) is 5.56 Å². The van der Waals surface area contributed by atoms with Crippen LogP contribution < -0.4 is 4.74 Å². The fourth-order valence-corrected chi connectivity index (χ4v) is 1.61. The lowest BCUT2D eigenvalue weighted by Gasteiger charge is -2.10. The van der Waals surface area contributed by atoms with Crippen LogP contribution in [0, 0.1) is 0 Å². The Hall–Kier alpha value is -0.200. The van der Waals surface area contributed by atoms with Gasteiger partial charge in [-0.15, -0.1) is 0 Å². The van der Waals surface area contributed by atoms with Gasteiger partial charge in [-0.25, -0.2) is 0 Å². The minimum absolute atomic E-state index is 0.0300. The van der Waals surface area contributed by atoms with E-state index in [2.05, 4.69) is 36.6 Å². The van der Waals surface area contributed by atoms with Gasteiger partial charge >= 0.3 is 6.61 Å². The fraction of sp³-hybridized carbons (Fsp3) is 0.250. The fourth-order valence-electron chi connectivity index (χ4n) is 0.899. The zero-order valence-electron chi connectivity index (χ0n) is 6.81. The molecular weight excluding hydrogens is 326 g/mol. The lowest BCUT2D eigenvalue weighted by Crippen LogP contribution is -2.04. The summed E-state index contributed by atoms with van der Waals surface area (Å²) >= 11 is 6.33. The van der Waals surface area contributed by atoms with Gasteiger partial charge in [-0.1, -0.05) is 0 Å². The molecule has 1 rings (SSSR count). The Morgan fingerprint density at radius 2 is 1.86 bits per heavy atom. The monoisotopic (exact) mass is 330 g/mol. The lowest BCUT2D eigenvalue weighted by molar-refractivity contribution is -0.0509. The number of rotatable bonds is 3. The smallest absolute Gasteiger partial charge is 0.387 e. The summed E-state index contributed by atoms with van der Waals surface area (Å²) in [5, 5.41) is 8.89. The van der Waals surface area contributed by atoms with Gasteiger partial charge in [0.05, 0.1) is 6.61 Å². The number of halogens is 4. The zero-order valence-corrected chi connectivity index (χ0v) is 9.98. The maximum atomic E-state index is 11.9. The Kier molecular flexibility index (Phi) is 4.28. The van der Waals surface area contributed by atoms with Gasteiger partial charge in [0.1, 0.15) is 5.75 Å². The van der Waals surface area contributed by atoms with Gasteiger partial charge in [-0.05, 0) is 44.0 Å². The molecule has 2 nitrogen and oxygen atoms in total. The van der Waals surface area contributed by atoms with Gasteiger partial charge in [0, 0.05) is 14.5 Å². The first-order valence-corrected chi connectivity index (χ1v) is 5.16. The summed E-state index contributed by atoms with van der Waals surface area (Å²) in [6, 6.07) is 2.89. The van der Waals surface area contributed by atoms with E-state index in [-0.39, 0.29) is 12.4 Å². The summed E-state index contributed by atoms with van der Waals surface area (Å²) in [6.07, 6.45) is 0. The molecule has 0 aromatic heterocycles. The number of hydrogen-bond donors (Lipinski definition) is 1. The third kappa shape index (κ3) is 2.90. The molecule has 6 heteroatoms. The van der Waals surface area contributed by atoms with Crippen molar-refractivity contribution >= 4 is 31.9 Å². The minimum atomic E-state index is -2.90. The molecule has 0 atom stereocenters. The largest absolute Gasteiger partial charge is 0.434 e. The van der Waals surface area contributed by atoms with Crippen LogP contribution >= 0.6 is 31.9 Å². The molecule has 0 amide bonds. The Morgan fingerprint density at radius 3 is 2.36 bits per heavy atom. The molecular formula is C8H6Br2F2O2. The second-order valence-electron chi connectivity index (χ2n) is 2.41. The number of hydrogen-bond acceptors (Lipinski definition) is 2. The zero-order chi connectivity index (χ0) is 10.7. The second-order valence-corrected chi connectivity index (χ2v) is 4.12. The first-order chi connectivity index (χ1) is 6.54. The van der Waals surface area contributed by atoms with E-state index in [9.17, 15) is 8.78 Å². The summed E-state index contributed by atoms with van der Waals surface area (Å²) < 4.78 is 29.4. The predicted molar refractivity (Wildman–Crippen MR) is 54.4 cm³/mol. The van der Waals surface area contributed by atoms with Gasteiger partial charge in [-0.2, -0.15) is 8.78 Å².